The van der Waals surface area contributed by atoms with Crippen molar-refractivity contribution in [2.75, 3.05) is 0 Å². The van der Waals surface area contributed by atoms with Crippen LogP contribution in [0.15, 0.2) is 0 Å². The SMILES string of the molecule is CCC(C)C1(C=O)CCCCC1C. The minimum atomic E-state index is 0.00694. The molecule has 0 bridgehead atoms. The average Bonchev–Trinajstić information content (AvgIpc) is 2.18. The molecule has 3 atom stereocenters. The smallest absolute Gasteiger partial charge is 0.126 e. The fourth-order valence-electron chi connectivity index (χ4n) is 2.80. The lowest BCUT2D eigenvalue weighted by Gasteiger charge is -2.42. The molecule has 1 nitrogen and oxygen atoms in total. The van der Waals surface area contributed by atoms with Crippen molar-refractivity contribution in [2.45, 2.75) is 52.9 Å². The Kier molecular flexibility index (Phi) is 3.52. The summed E-state index contributed by atoms with van der Waals surface area (Å²) in [6.07, 6.45) is 7.30. The molecular formula is C12H22O. The molecule has 76 valence electrons. The molecule has 1 aliphatic carbocycles. The van der Waals surface area contributed by atoms with Crippen molar-refractivity contribution >= 4 is 6.29 Å². The zero-order valence-electron chi connectivity index (χ0n) is 9.18. The molecule has 0 spiro atoms. The van der Waals surface area contributed by atoms with Crippen LogP contribution < -0.4 is 0 Å². The summed E-state index contributed by atoms with van der Waals surface area (Å²) in [4.78, 5) is 11.3. The van der Waals surface area contributed by atoms with E-state index in [0.29, 0.717) is 11.8 Å². The zero-order chi connectivity index (χ0) is 9.90. The van der Waals surface area contributed by atoms with Crippen molar-refractivity contribution in [3.63, 3.8) is 0 Å². The number of carbonyl (C=O) groups is 1. The zero-order valence-corrected chi connectivity index (χ0v) is 9.18. The van der Waals surface area contributed by atoms with Gasteiger partial charge in [-0.05, 0) is 24.7 Å². The van der Waals surface area contributed by atoms with Gasteiger partial charge < -0.3 is 4.79 Å². The molecule has 3 unspecified atom stereocenters. The Morgan fingerprint density at radius 3 is 2.69 bits per heavy atom. The second-order valence-electron chi connectivity index (χ2n) is 4.69. The highest BCUT2D eigenvalue weighted by molar-refractivity contribution is 5.60. The summed E-state index contributed by atoms with van der Waals surface area (Å²) in [5, 5.41) is 0. The van der Waals surface area contributed by atoms with E-state index in [-0.39, 0.29) is 5.41 Å². The molecule has 0 heterocycles. The summed E-state index contributed by atoms with van der Waals surface area (Å²) in [6, 6.07) is 0. The standard InChI is InChI=1S/C12H22O/c1-4-10(2)12(9-13)8-6-5-7-11(12)3/h9-11H,4-8H2,1-3H3. The molecule has 0 aromatic heterocycles. The third-order valence-electron chi connectivity index (χ3n) is 4.16. The van der Waals surface area contributed by atoms with Gasteiger partial charge in [-0.25, -0.2) is 0 Å². The molecule has 0 radical (unpaired) electrons. The van der Waals surface area contributed by atoms with Crippen molar-refractivity contribution < 1.29 is 4.79 Å². The Morgan fingerprint density at radius 2 is 2.23 bits per heavy atom. The van der Waals surface area contributed by atoms with E-state index in [1.165, 1.54) is 25.5 Å². The van der Waals surface area contributed by atoms with Crippen LogP contribution in [-0.2, 0) is 4.79 Å². The third-order valence-corrected chi connectivity index (χ3v) is 4.16. The number of aldehydes is 1. The molecule has 0 aromatic carbocycles. The van der Waals surface area contributed by atoms with Gasteiger partial charge in [-0.1, -0.05) is 40.0 Å². The highest BCUT2D eigenvalue weighted by atomic mass is 16.1. The van der Waals surface area contributed by atoms with Gasteiger partial charge >= 0.3 is 0 Å². The van der Waals surface area contributed by atoms with Crippen LogP contribution >= 0.6 is 0 Å². The van der Waals surface area contributed by atoms with Gasteiger partial charge in [0, 0.05) is 5.41 Å². The quantitative estimate of drug-likeness (QED) is 0.611. The minimum absolute atomic E-state index is 0.00694. The van der Waals surface area contributed by atoms with E-state index in [4.69, 9.17) is 0 Å². The number of carbonyl (C=O) groups excluding carboxylic acids is 1. The predicted molar refractivity (Wildman–Crippen MR) is 55.6 cm³/mol. The van der Waals surface area contributed by atoms with Crippen molar-refractivity contribution in [3.05, 3.63) is 0 Å². The molecule has 1 rings (SSSR count). The highest BCUT2D eigenvalue weighted by Gasteiger charge is 2.41. The summed E-state index contributed by atoms with van der Waals surface area (Å²) in [6.45, 7) is 6.67. The lowest BCUT2D eigenvalue weighted by molar-refractivity contribution is -0.124. The van der Waals surface area contributed by atoms with E-state index in [1.807, 2.05) is 0 Å². The Morgan fingerprint density at radius 1 is 1.54 bits per heavy atom. The van der Waals surface area contributed by atoms with Gasteiger partial charge in [0.15, 0.2) is 0 Å². The molecule has 0 saturated heterocycles. The second-order valence-corrected chi connectivity index (χ2v) is 4.69. The third kappa shape index (κ3) is 1.79. The summed E-state index contributed by atoms with van der Waals surface area (Å²) in [5.74, 6) is 1.15. The van der Waals surface area contributed by atoms with E-state index < -0.39 is 0 Å². The minimum Gasteiger partial charge on any atom is -0.303 e. The number of hydrogen-bond acceptors (Lipinski definition) is 1. The molecule has 13 heavy (non-hydrogen) atoms. The summed E-state index contributed by atoms with van der Waals surface area (Å²) >= 11 is 0. The maximum absolute atomic E-state index is 11.3. The first kappa shape index (κ1) is 10.7. The monoisotopic (exact) mass is 182 g/mol. The first-order valence-corrected chi connectivity index (χ1v) is 5.63. The summed E-state index contributed by atoms with van der Waals surface area (Å²) in [5.41, 5.74) is 0.00694. The molecule has 1 aliphatic rings. The average molecular weight is 182 g/mol. The molecular weight excluding hydrogens is 160 g/mol. The maximum atomic E-state index is 11.3. The van der Waals surface area contributed by atoms with E-state index in [2.05, 4.69) is 20.8 Å². The highest BCUT2D eigenvalue weighted by Crippen LogP contribution is 2.46. The van der Waals surface area contributed by atoms with Crippen LogP contribution in [0, 0.1) is 17.3 Å². The predicted octanol–water partition coefficient (Wildman–Crippen LogP) is 3.43. The Hall–Kier alpha value is -0.330. The molecule has 1 fully saturated rings. The van der Waals surface area contributed by atoms with Gasteiger partial charge in [-0.2, -0.15) is 0 Å². The first-order chi connectivity index (χ1) is 6.17. The summed E-state index contributed by atoms with van der Waals surface area (Å²) < 4.78 is 0. The van der Waals surface area contributed by atoms with Gasteiger partial charge in [-0.15, -0.1) is 0 Å². The molecule has 0 N–H and O–H groups in total. The fraction of sp³-hybridized carbons (Fsp3) is 0.917. The number of hydrogen-bond donors (Lipinski definition) is 0. The van der Waals surface area contributed by atoms with Crippen LogP contribution in [0.2, 0.25) is 0 Å². The number of rotatable bonds is 3. The fourth-order valence-corrected chi connectivity index (χ4v) is 2.80. The van der Waals surface area contributed by atoms with E-state index >= 15 is 0 Å². The van der Waals surface area contributed by atoms with Crippen LogP contribution in [0.4, 0.5) is 0 Å². The second kappa shape index (κ2) is 4.26. The lowest BCUT2D eigenvalue weighted by Crippen LogP contribution is -2.39. The van der Waals surface area contributed by atoms with E-state index in [1.54, 1.807) is 0 Å². The Bertz CT molecular complexity index is 170. The first-order valence-electron chi connectivity index (χ1n) is 5.63. The van der Waals surface area contributed by atoms with Crippen molar-refractivity contribution in [1.82, 2.24) is 0 Å². The normalized spacial score (nSPS) is 37.0. The molecule has 0 aromatic rings. The van der Waals surface area contributed by atoms with E-state index in [0.717, 1.165) is 12.8 Å². The van der Waals surface area contributed by atoms with Gasteiger partial charge in [0.1, 0.15) is 6.29 Å². The van der Waals surface area contributed by atoms with Crippen LogP contribution in [0.5, 0.6) is 0 Å². The van der Waals surface area contributed by atoms with Gasteiger partial charge in [0.05, 0.1) is 0 Å². The van der Waals surface area contributed by atoms with Gasteiger partial charge in [-0.3, -0.25) is 0 Å². The lowest BCUT2D eigenvalue weighted by atomic mass is 9.61. The molecule has 0 aliphatic heterocycles. The molecule has 0 amide bonds. The Balaban J connectivity index is 2.81. The molecule has 1 saturated carbocycles. The van der Waals surface area contributed by atoms with Gasteiger partial charge in [0.2, 0.25) is 0 Å². The van der Waals surface area contributed by atoms with Crippen LogP contribution in [0.25, 0.3) is 0 Å². The van der Waals surface area contributed by atoms with E-state index in [9.17, 15) is 4.79 Å². The van der Waals surface area contributed by atoms with Crippen LogP contribution in [0.3, 0.4) is 0 Å². The van der Waals surface area contributed by atoms with Crippen LogP contribution in [-0.4, -0.2) is 6.29 Å². The maximum Gasteiger partial charge on any atom is 0.126 e. The Labute approximate surface area is 81.9 Å². The largest absolute Gasteiger partial charge is 0.303 e. The topological polar surface area (TPSA) is 17.1 Å². The van der Waals surface area contributed by atoms with Gasteiger partial charge in [0.25, 0.3) is 0 Å². The summed E-state index contributed by atoms with van der Waals surface area (Å²) in [7, 11) is 0. The van der Waals surface area contributed by atoms with Crippen molar-refractivity contribution in [2.24, 2.45) is 17.3 Å². The van der Waals surface area contributed by atoms with Crippen LogP contribution in [0.1, 0.15) is 52.9 Å². The van der Waals surface area contributed by atoms with Crippen molar-refractivity contribution in [3.8, 4) is 0 Å². The van der Waals surface area contributed by atoms with Crippen molar-refractivity contribution in [1.29, 1.82) is 0 Å². The molecule has 1 heteroatoms.